The first-order valence-corrected chi connectivity index (χ1v) is 18.9. The molecule has 0 radical (unpaired) electrons. The number of amides is 5. The number of hydrogen-bond donors (Lipinski definition) is 6. The molecule has 0 saturated heterocycles. The second-order valence-electron chi connectivity index (χ2n) is 12.7. The van der Waals surface area contributed by atoms with Crippen LogP contribution in [0, 0.1) is 0 Å². The molecule has 0 aliphatic rings. The molecule has 290 valence electrons. The van der Waals surface area contributed by atoms with Gasteiger partial charge in [-0.3, -0.25) is 28.8 Å². The Morgan fingerprint density at radius 1 is 0.560 bits per heavy atom. The van der Waals surface area contributed by atoms with Crippen molar-refractivity contribution in [3.8, 4) is 0 Å². The molecule has 0 aromatic rings. The van der Waals surface area contributed by atoms with Crippen molar-refractivity contribution in [3.05, 3.63) is 0 Å². The summed E-state index contributed by atoms with van der Waals surface area (Å²) in [5.41, 5.74) is 0. The summed E-state index contributed by atoms with van der Waals surface area (Å²) in [6.07, 6.45) is 17.9. The highest BCUT2D eigenvalue weighted by atomic mass is 16.5. The summed E-state index contributed by atoms with van der Waals surface area (Å²) in [4.78, 5) is 72.4. The van der Waals surface area contributed by atoms with Gasteiger partial charge in [0.1, 0.15) is 18.7 Å². The van der Waals surface area contributed by atoms with Gasteiger partial charge in [-0.05, 0) is 19.3 Å². The van der Waals surface area contributed by atoms with Gasteiger partial charge in [0, 0.05) is 26.4 Å². The first-order chi connectivity index (χ1) is 24.1. The minimum absolute atomic E-state index is 0.0971. The molecule has 50 heavy (non-hydrogen) atoms. The summed E-state index contributed by atoms with van der Waals surface area (Å²) < 4.78 is 10.7. The Morgan fingerprint density at radius 2 is 1.10 bits per heavy atom. The number of carbonyl (C=O) groups excluding carboxylic acids is 5. The monoisotopic (exact) mass is 713 g/mol. The van der Waals surface area contributed by atoms with Crippen molar-refractivity contribution in [2.75, 3.05) is 46.6 Å². The standard InChI is InChI=1S/C36H67N5O9/c1-4-6-8-9-10-11-12-13-14-15-16-17-18-20-31(42)39-27-32(43)40-30(21-22-34(45)46)36(48)38-23-24-49-25-26-50-28-33(44)41-29(19-7-5-2)35(47)37-3/h29-30H,4-28H2,1-3H3,(H,37,47)(H,38,48)(H,39,42)(H,40,43)(H,41,44)(H,45,46)/t29-,30?/m0/s1. The van der Waals surface area contributed by atoms with Crippen LogP contribution in [0.1, 0.15) is 136 Å². The third-order valence-corrected chi connectivity index (χ3v) is 8.15. The topological polar surface area (TPSA) is 201 Å². The number of likely N-dealkylation sites (N-methyl/N-ethyl adjacent to an activating group) is 1. The molecule has 0 fully saturated rings. The molecule has 2 atom stereocenters. The zero-order valence-corrected chi connectivity index (χ0v) is 31.0. The Morgan fingerprint density at radius 3 is 1.68 bits per heavy atom. The average Bonchev–Trinajstić information content (AvgIpc) is 3.09. The van der Waals surface area contributed by atoms with Crippen LogP contribution in [0.3, 0.4) is 0 Å². The fraction of sp³-hybridized carbons (Fsp3) is 0.833. The lowest BCUT2D eigenvalue weighted by atomic mass is 10.0. The number of ether oxygens (including phenoxy) is 2. The van der Waals surface area contributed by atoms with Gasteiger partial charge < -0.3 is 41.2 Å². The number of rotatable bonds is 34. The number of unbranched alkanes of at least 4 members (excludes halogenated alkanes) is 13. The molecule has 14 nitrogen and oxygen atoms in total. The fourth-order valence-electron chi connectivity index (χ4n) is 5.19. The van der Waals surface area contributed by atoms with Crippen molar-refractivity contribution in [3.63, 3.8) is 0 Å². The molecule has 6 N–H and O–H groups in total. The van der Waals surface area contributed by atoms with Gasteiger partial charge in [0.2, 0.25) is 29.5 Å². The van der Waals surface area contributed by atoms with E-state index in [0.29, 0.717) is 12.8 Å². The van der Waals surface area contributed by atoms with Crippen LogP contribution in [0.2, 0.25) is 0 Å². The van der Waals surface area contributed by atoms with Crippen molar-refractivity contribution in [1.82, 2.24) is 26.6 Å². The smallest absolute Gasteiger partial charge is 0.303 e. The molecule has 0 rings (SSSR count). The first kappa shape index (κ1) is 46.7. The Bertz CT molecular complexity index is 951. The molecule has 0 bridgehead atoms. The minimum Gasteiger partial charge on any atom is -0.481 e. The Kier molecular flexibility index (Phi) is 30.8. The maximum Gasteiger partial charge on any atom is 0.303 e. The third kappa shape index (κ3) is 28.6. The highest BCUT2D eigenvalue weighted by molar-refractivity contribution is 5.90. The number of carboxylic acid groups (broad SMARTS) is 1. The number of aliphatic carboxylic acids is 1. The lowest BCUT2D eigenvalue weighted by Gasteiger charge is -2.18. The van der Waals surface area contributed by atoms with E-state index in [1.807, 2.05) is 6.92 Å². The summed E-state index contributed by atoms with van der Waals surface area (Å²) in [7, 11) is 1.51. The van der Waals surface area contributed by atoms with Crippen LogP contribution < -0.4 is 26.6 Å². The first-order valence-electron chi connectivity index (χ1n) is 18.9. The van der Waals surface area contributed by atoms with Gasteiger partial charge in [0.05, 0.1) is 26.4 Å². The molecule has 0 aromatic heterocycles. The number of hydrogen-bond acceptors (Lipinski definition) is 8. The zero-order valence-electron chi connectivity index (χ0n) is 31.0. The van der Waals surface area contributed by atoms with Gasteiger partial charge in [0.25, 0.3) is 0 Å². The zero-order chi connectivity index (χ0) is 37.2. The van der Waals surface area contributed by atoms with E-state index in [9.17, 15) is 28.8 Å². The number of carbonyl (C=O) groups is 6. The van der Waals surface area contributed by atoms with Crippen LogP contribution in [-0.2, 0) is 38.2 Å². The molecule has 0 spiro atoms. The maximum atomic E-state index is 12.7. The highest BCUT2D eigenvalue weighted by Gasteiger charge is 2.22. The molecule has 0 aromatic carbocycles. The van der Waals surface area contributed by atoms with E-state index in [1.54, 1.807) is 0 Å². The lowest BCUT2D eigenvalue weighted by molar-refractivity contribution is -0.138. The van der Waals surface area contributed by atoms with Crippen LogP contribution in [0.5, 0.6) is 0 Å². The van der Waals surface area contributed by atoms with E-state index in [0.717, 1.165) is 32.1 Å². The maximum absolute atomic E-state index is 12.7. The Balaban J connectivity index is 4.15. The van der Waals surface area contributed by atoms with Crippen LogP contribution in [-0.4, -0.2) is 99.3 Å². The van der Waals surface area contributed by atoms with Gasteiger partial charge in [-0.15, -0.1) is 0 Å². The van der Waals surface area contributed by atoms with Crippen LogP contribution in [0.4, 0.5) is 0 Å². The second kappa shape index (κ2) is 32.9. The Labute approximate surface area is 299 Å². The second-order valence-corrected chi connectivity index (χ2v) is 12.7. The average molecular weight is 714 g/mol. The summed E-state index contributed by atoms with van der Waals surface area (Å²) in [5.74, 6) is -3.17. The molecule has 0 aliphatic heterocycles. The summed E-state index contributed by atoms with van der Waals surface area (Å²) >= 11 is 0. The molecule has 1 unspecified atom stereocenters. The molecular formula is C36H67N5O9. The highest BCUT2D eigenvalue weighted by Crippen LogP contribution is 2.13. The molecule has 0 aliphatic carbocycles. The molecule has 0 saturated carbocycles. The van der Waals surface area contributed by atoms with E-state index in [-0.39, 0.29) is 64.2 Å². The van der Waals surface area contributed by atoms with Gasteiger partial charge in [0.15, 0.2) is 0 Å². The van der Waals surface area contributed by atoms with Gasteiger partial charge in [-0.25, -0.2) is 0 Å². The van der Waals surface area contributed by atoms with Crippen LogP contribution >= 0.6 is 0 Å². The summed E-state index contributed by atoms with van der Waals surface area (Å²) in [5, 5.41) is 21.9. The van der Waals surface area contributed by atoms with E-state index < -0.39 is 35.8 Å². The van der Waals surface area contributed by atoms with E-state index in [2.05, 4.69) is 33.5 Å². The number of nitrogens with one attached hydrogen (secondary N) is 5. The van der Waals surface area contributed by atoms with E-state index in [1.165, 1.54) is 71.3 Å². The predicted molar refractivity (Wildman–Crippen MR) is 192 cm³/mol. The van der Waals surface area contributed by atoms with Gasteiger partial charge in [-0.2, -0.15) is 0 Å². The summed E-state index contributed by atoms with van der Waals surface area (Å²) in [6.45, 7) is 4.17. The molecular weight excluding hydrogens is 646 g/mol. The normalized spacial score (nSPS) is 12.1. The predicted octanol–water partition coefficient (Wildman–Crippen LogP) is 3.50. The quantitative estimate of drug-likeness (QED) is 0.0540. The van der Waals surface area contributed by atoms with Crippen molar-refractivity contribution < 1.29 is 43.3 Å². The minimum atomic E-state index is -1.11. The van der Waals surface area contributed by atoms with Crippen LogP contribution in [0.15, 0.2) is 0 Å². The lowest BCUT2D eigenvalue weighted by Crippen LogP contribution is -2.50. The fourth-order valence-corrected chi connectivity index (χ4v) is 5.19. The van der Waals surface area contributed by atoms with Crippen molar-refractivity contribution >= 4 is 35.5 Å². The molecule has 5 amide bonds. The molecule has 0 heterocycles. The SMILES string of the molecule is CCCCCCCCCCCCCCCC(=O)NCC(=O)NC(CCC(=O)O)C(=O)NCCOCCOCC(=O)N[C@@H](CCCC)C(=O)NC. The largest absolute Gasteiger partial charge is 0.481 e. The summed E-state index contributed by atoms with van der Waals surface area (Å²) in [6, 6.07) is -1.70. The molecule has 14 heteroatoms. The van der Waals surface area contributed by atoms with Crippen molar-refractivity contribution in [2.24, 2.45) is 0 Å². The third-order valence-electron chi connectivity index (χ3n) is 8.15. The van der Waals surface area contributed by atoms with Crippen molar-refractivity contribution in [1.29, 1.82) is 0 Å². The van der Waals surface area contributed by atoms with Gasteiger partial charge in [-0.1, -0.05) is 104 Å². The van der Waals surface area contributed by atoms with Gasteiger partial charge >= 0.3 is 5.97 Å². The van der Waals surface area contributed by atoms with Crippen LogP contribution in [0.25, 0.3) is 0 Å². The number of carboxylic acids is 1. The van der Waals surface area contributed by atoms with Crippen molar-refractivity contribution in [2.45, 2.75) is 148 Å². The van der Waals surface area contributed by atoms with E-state index >= 15 is 0 Å². The van der Waals surface area contributed by atoms with E-state index in [4.69, 9.17) is 14.6 Å². The Hall–Kier alpha value is -3.26.